The summed E-state index contributed by atoms with van der Waals surface area (Å²) in [5.74, 6) is 0. The molecule has 1 N–H and O–H groups in total. The van der Waals surface area contributed by atoms with Gasteiger partial charge in [-0.25, -0.2) is 0 Å². The minimum Gasteiger partial charge on any atom is -0.375 e. The first-order chi connectivity index (χ1) is 7.97. The van der Waals surface area contributed by atoms with Gasteiger partial charge in [-0.15, -0.1) is 0 Å². The van der Waals surface area contributed by atoms with Crippen LogP contribution in [0.15, 0.2) is 24.3 Å². The summed E-state index contributed by atoms with van der Waals surface area (Å²) in [7, 11) is 0. The van der Waals surface area contributed by atoms with Gasteiger partial charge in [0, 0.05) is 6.54 Å². The highest BCUT2D eigenvalue weighted by Crippen LogP contribution is 2.05. The molecule has 1 aromatic rings. The van der Waals surface area contributed by atoms with E-state index >= 15 is 0 Å². The van der Waals surface area contributed by atoms with E-state index in [0.717, 1.165) is 26.1 Å². The number of rotatable bonds is 6. The Hall–Kier alpha value is -0.860. The maximum atomic E-state index is 5.64. The van der Waals surface area contributed by atoms with Crippen LogP contribution in [-0.4, -0.2) is 25.3 Å². The number of nitrogens with one attached hydrogen (secondary N) is 1. The maximum absolute atomic E-state index is 5.64. The molecule has 0 bridgehead atoms. The second-order valence-electron chi connectivity index (χ2n) is 5.45. The molecule has 0 radical (unpaired) electrons. The number of hydrogen-bond acceptors (Lipinski definition) is 2. The van der Waals surface area contributed by atoms with Crippen molar-refractivity contribution in [3.8, 4) is 0 Å². The minimum absolute atomic E-state index is 0.0295. The molecule has 2 heteroatoms. The zero-order valence-corrected chi connectivity index (χ0v) is 11.5. The first kappa shape index (κ1) is 14.2. The SMILES string of the molecule is Cc1cccc(CCNCCOC(C)(C)C)c1. The number of ether oxygens (including phenoxy) is 1. The topological polar surface area (TPSA) is 21.3 Å². The fourth-order valence-electron chi connectivity index (χ4n) is 1.65. The number of hydrogen-bond donors (Lipinski definition) is 1. The van der Waals surface area contributed by atoms with Crippen molar-refractivity contribution in [2.24, 2.45) is 0 Å². The number of benzene rings is 1. The molecular weight excluding hydrogens is 210 g/mol. The highest BCUT2D eigenvalue weighted by Gasteiger charge is 2.08. The quantitative estimate of drug-likeness (QED) is 0.765. The largest absolute Gasteiger partial charge is 0.375 e. The molecule has 1 aromatic carbocycles. The minimum atomic E-state index is -0.0295. The molecule has 0 unspecified atom stereocenters. The molecule has 0 atom stereocenters. The molecule has 0 amide bonds. The normalized spacial score (nSPS) is 11.8. The third kappa shape index (κ3) is 7.14. The third-order valence-electron chi connectivity index (χ3n) is 2.49. The predicted molar refractivity (Wildman–Crippen MR) is 73.5 cm³/mol. The van der Waals surface area contributed by atoms with Crippen molar-refractivity contribution in [1.29, 1.82) is 0 Å². The van der Waals surface area contributed by atoms with Gasteiger partial charge in [-0.3, -0.25) is 0 Å². The van der Waals surface area contributed by atoms with E-state index in [0.29, 0.717) is 0 Å². The van der Waals surface area contributed by atoms with Crippen LogP contribution in [0.5, 0.6) is 0 Å². The Balaban J connectivity index is 2.09. The summed E-state index contributed by atoms with van der Waals surface area (Å²) in [4.78, 5) is 0. The van der Waals surface area contributed by atoms with Crippen LogP contribution in [0.25, 0.3) is 0 Å². The number of aryl methyl sites for hydroxylation is 1. The van der Waals surface area contributed by atoms with Gasteiger partial charge in [0.15, 0.2) is 0 Å². The fourth-order valence-corrected chi connectivity index (χ4v) is 1.65. The highest BCUT2D eigenvalue weighted by atomic mass is 16.5. The standard InChI is InChI=1S/C15H25NO/c1-13-6-5-7-14(12-13)8-9-16-10-11-17-15(2,3)4/h5-7,12,16H,8-11H2,1-4H3. The molecule has 0 spiro atoms. The summed E-state index contributed by atoms with van der Waals surface area (Å²) in [6.07, 6.45) is 1.08. The van der Waals surface area contributed by atoms with Gasteiger partial charge >= 0.3 is 0 Å². The lowest BCUT2D eigenvalue weighted by molar-refractivity contribution is -0.000710. The van der Waals surface area contributed by atoms with Gasteiger partial charge in [0.2, 0.25) is 0 Å². The summed E-state index contributed by atoms with van der Waals surface area (Å²) in [6.45, 7) is 11.1. The van der Waals surface area contributed by atoms with Crippen LogP contribution in [0.4, 0.5) is 0 Å². The maximum Gasteiger partial charge on any atom is 0.0599 e. The lowest BCUT2D eigenvalue weighted by atomic mass is 10.1. The van der Waals surface area contributed by atoms with Crippen LogP contribution in [0.2, 0.25) is 0 Å². The van der Waals surface area contributed by atoms with Gasteiger partial charge in [-0.2, -0.15) is 0 Å². The van der Waals surface area contributed by atoms with Gasteiger partial charge in [-0.1, -0.05) is 29.8 Å². The van der Waals surface area contributed by atoms with E-state index in [1.165, 1.54) is 11.1 Å². The van der Waals surface area contributed by atoms with Crippen molar-refractivity contribution in [3.05, 3.63) is 35.4 Å². The second-order valence-corrected chi connectivity index (χ2v) is 5.45. The molecule has 0 saturated heterocycles. The Bertz CT molecular complexity index is 328. The van der Waals surface area contributed by atoms with Crippen molar-refractivity contribution in [3.63, 3.8) is 0 Å². The van der Waals surface area contributed by atoms with E-state index in [1.807, 2.05) is 0 Å². The third-order valence-corrected chi connectivity index (χ3v) is 2.49. The molecule has 0 fully saturated rings. The van der Waals surface area contributed by atoms with Crippen LogP contribution < -0.4 is 5.32 Å². The van der Waals surface area contributed by atoms with Crippen LogP contribution in [-0.2, 0) is 11.2 Å². The fraction of sp³-hybridized carbons (Fsp3) is 0.600. The highest BCUT2D eigenvalue weighted by molar-refractivity contribution is 5.22. The van der Waals surface area contributed by atoms with Gasteiger partial charge in [0.25, 0.3) is 0 Å². The Morgan fingerprint density at radius 3 is 2.59 bits per heavy atom. The van der Waals surface area contributed by atoms with E-state index in [4.69, 9.17) is 4.74 Å². The Morgan fingerprint density at radius 1 is 1.18 bits per heavy atom. The summed E-state index contributed by atoms with van der Waals surface area (Å²) >= 11 is 0. The van der Waals surface area contributed by atoms with Crippen LogP contribution >= 0.6 is 0 Å². The van der Waals surface area contributed by atoms with E-state index in [1.54, 1.807) is 0 Å². The van der Waals surface area contributed by atoms with Crippen molar-refractivity contribution in [2.75, 3.05) is 19.7 Å². The van der Waals surface area contributed by atoms with E-state index in [9.17, 15) is 0 Å². The van der Waals surface area contributed by atoms with Gasteiger partial charge in [0.1, 0.15) is 0 Å². The Labute approximate surface area is 105 Å². The van der Waals surface area contributed by atoms with Gasteiger partial charge < -0.3 is 10.1 Å². The second kappa shape index (κ2) is 6.77. The lowest BCUT2D eigenvalue weighted by Gasteiger charge is -2.19. The van der Waals surface area contributed by atoms with E-state index in [2.05, 4.69) is 57.3 Å². The Morgan fingerprint density at radius 2 is 1.94 bits per heavy atom. The van der Waals surface area contributed by atoms with Crippen molar-refractivity contribution in [2.45, 2.75) is 39.7 Å². The molecule has 0 aliphatic rings. The molecule has 0 aromatic heterocycles. The van der Waals surface area contributed by atoms with Crippen LogP contribution in [0.3, 0.4) is 0 Å². The summed E-state index contributed by atoms with van der Waals surface area (Å²) in [5, 5.41) is 3.40. The Kier molecular flexibility index (Phi) is 5.66. The van der Waals surface area contributed by atoms with E-state index < -0.39 is 0 Å². The van der Waals surface area contributed by atoms with Gasteiger partial charge in [-0.05, 0) is 46.2 Å². The van der Waals surface area contributed by atoms with Crippen molar-refractivity contribution < 1.29 is 4.74 Å². The molecule has 0 aliphatic carbocycles. The molecule has 1 rings (SSSR count). The first-order valence-electron chi connectivity index (χ1n) is 6.37. The molecule has 0 saturated carbocycles. The molecule has 96 valence electrons. The smallest absolute Gasteiger partial charge is 0.0599 e. The van der Waals surface area contributed by atoms with Crippen LogP contribution in [0.1, 0.15) is 31.9 Å². The zero-order valence-electron chi connectivity index (χ0n) is 11.5. The monoisotopic (exact) mass is 235 g/mol. The summed E-state index contributed by atoms with van der Waals surface area (Å²) in [5.41, 5.74) is 2.70. The summed E-state index contributed by atoms with van der Waals surface area (Å²) in [6, 6.07) is 8.68. The first-order valence-corrected chi connectivity index (χ1v) is 6.37. The summed E-state index contributed by atoms with van der Waals surface area (Å²) < 4.78 is 5.64. The average Bonchev–Trinajstić information content (AvgIpc) is 2.22. The molecule has 2 nitrogen and oxygen atoms in total. The van der Waals surface area contributed by atoms with Gasteiger partial charge in [0.05, 0.1) is 12.2 Å². The lowest BCUT2D eigenvalue weighted by Crippen LogP contribution is -2.27. The molecule has 17 heavy (non-hydrogen) atoms. The molecule has 0 heterocycles. The van der Waals surface area contributed by atoms with E-state index in [-0.39, 0.29) is 5.60 Å². The average molecular weight is 235 g/mol. The van der Waals surface area contributed by atoms with Crippen LogP contribution in [0, 0.1) is 6.92 Å². The predicted octanol–water partition coefficient (Wildman–Crippen LogP) is 2.94. The zero-order chi connectivity index (χ0) is 12.7. The molecule has 0 aliphatic heterocycles. The molecular formula is C15H25NO. The van der Waals surface area contributed by atoms with Crippen molar-refractivity contribution in [1.82, 2.24) is 5.32 Å². The van der Waals surface area contributed by atoms with Crippen molar-refractivity contribution >= 4 is 0 Å².